The predicted octanol–water partition coefficient (Wildman–Crippen LogP) is 4.41. The van der Waals surface area contributed by atoms with Crippen molar-refractivity contribution in [2.75, 3.05) is 0 Å². The molecule has 4 aliphatic carbocycles. The van der Waals surface area contributed by atoms with E-state index in [0.717, 1.165) is 19.3 Å². The first kappa shape index (κ1) is 16.0. The molecule has 9 atom stereocenters. The molecule has 4 saturated carbocycles. The van der Waals surface area contributed by atoms with Gasteiger partial charge >= 0.3 is 12.4 Å². The van der Waals surface area contributed by atoms with Crippen molar-refractivity contribution in [2.24, 2.45) is 46.8 Å². The summed E-state index contributed by atoms with van der Waals surface area (Å²) in [5.41, 5.74) is -3.03. The average Bonchev–Trinajstić information content (AvgIpc) is 3.12. The molecule has 0 spiro atoms. The van der Waals surface area contributed by atoms with Crippen molar-refractivity contribution < 1.29 is 31.4 Å². The van der Waals surface area contributed by atoms with Gasteiger partial charge in [-0.25, -0.2) is 0 Å². The highest BCUT2D eigenvalue weighted by Crippen LogP contribution is 2.77. The largest absolute Gasteiger partial charge is 0.415 e. The van der Waals surface area contributed by atoms with E-state index in [1.807, 2.05) is 0 Å². The lowest BCUT2D eigenvalue weighted by Crippen LogP contribution is -2.63. The van der Waals surface area contributed by atoms with Gasteiger partial charge in [-0.15, -0.1) is 0 Å². The number of alkyl halides is 6. The van der Waals surface area contributed by atoms with Gasteiger partial charge < -0.3 is 5.11 Å². The molecule has 1 nitrogen and oxygen atoms in total. The second-order valence-corrected chi connectivity index (χ2v) is 8.16. The zero-order chi connectivity index (χ0) is 16.9. The molecule has 0 heterocycles. The summed E-state index contributed by atoms with van der Waals surface area (Å²) in [7, 11) is 0. The molecule has 0 radical (unpaired) electrons. The number of halogens is 6. The van der Waals surface area contributed by atoms with Gasteiger partial charge in [0.2, 0.25) is 0 Å². The van der Waals surface area contributed by atoms with E-state index in [4.69, 9.17) is 0 Å². The van der Waals surface area contributed by atoms with E-state index in [1.54, 1.807) is 0 Å². The molecule has 9 unspecified atom stereocenters. The fourth-order valence-electron chi connectivity index (χ4n) is 7.31. The van der Waals surface area contributed by atoms with E-state index in [0.29, 0.717) is 5.92 Å². The van der Waals surface area contributed by atoms with Crippen LogP contribution in [0.2, 0.25) is 0 Å². The lowest BCUT2D eigenvalue weighted by atomic mass is 9.54. The van der Waals surface area contributed by atoms with Crippen LogP contribution in [0.25, 0.3) is 0 Å². The number of aliphatic hydroxyl groups excluding tert-OH is 1. The number of hydrogen-bond donors (Lipinski definition) is 1. The van der Waals surface area contributed by atoms with Crippen LogP contribution in [0.4, 0.5) is 26.3 Å². The summed E-state index contributed by atoms with van der Waals surface area (Å²) in [4.78, 5) is 0. The van der Waals surface area contributed by atoms with Crippen molar-refractivity contribution in [1.29, 1.82) is 0 Å². The van der Waals surface area contributed by atoms with Gasteiger partial charge in [-0.3, -0.25) is 0 Å². The Bertz CT molecular complexity index is 514. The van der Waals surface area contributed by atoms with Crippen LogP contribution in [0.15, 0.2) is 0 Å². The molecule has 4 rings (SSSR count). The topological polar surface area (TPSA) is 20.2 Å². The molecular weight excluding hydrogens is 322 g/mol. The average molecular weight is 342 g/mol. The third-order valence-electron chi connectivity index (χ3n) is 7.79. The molecule has 7 heteroatoms. The second kappa shape index (κ2) is 4.38. The van der Waals surface area contributed by atoms with Gasteiger partial charge in [-0.1, -0.05) is 6.92 Å². The Labute approximate surface area is 130 Å². The summed E-state index contributed by atoms with van der Waals surface area (Å²) in [6, 6.07) is 0. The van der Waals surface area contributed by atoms with Crippen LogP contribution in [0.3, 0.4) is 0 Å². The van der Waals surface area contributed by atoms with Gasteiger partial charge in [0.15, 0.2) is 6.10 Å². The maximum Gasteiger partial charge on any atom is 0.415 e. The fourth-order valence-corrected chi connectivity index (χ4v) is 7.31. The highest BCUT2D eigenvalue weighted by Gasteiger charge is 2.81. The molecular formula is C16H20F6O. The molecule has 4 fully saturated rings. The molecule has 23 heavy (non-hydrogen) atoms. The molecule has 4 bridgehead atoms. The summed E-state index contributed by atoms with van der Waals surface area (Å²) < 4.78 is 81.3. The fraction of sp³-hybridized carbons (Fsp3) is 1.00. The predicted molar refractivity (Wildman–Crippen MR) is 69.1 cm³/mol. The molecule has 0 amide bonds. The van der Waals surface area contributed by atoms with Crippen LogP contribution in [-0.4, -0.2) is 23.6 Å². The standard InChI is InChI=1S/C16H20F6O/c1-6-9-5-10(12-8-3-2-7(4-8)11(9)12)14(6,16(20,21)22)13(23)15(17,18)19/h6-13,23H,2-5H2,1H3. The maximum atomic E-state index is 13.9. The minimum atomic E-state index is -5.25. The molecule has 0 saturated heterocycles. The molecule has 0 aliphatic heterocycles. The van der Waals surface area contributed by atoms with Crippen LogP contribution in [0.5, 0.6) is 0 Å². The Hall–Kier alpha value is -0.460. The minimum absolute atomic E-state index is 0.120. The van der Waals surface area contributed by atoms with Gasteiger partial charge in [-0.2, -0.15) is 26.3 Å². The Morgan fingerprint density at radius 3 is 2.04 bits per heavy atom. The quantitative estimate of drug-likeness (QED) is 0.553. The van der Waals surface area contributed by atoms with Crippen molar-refractivity contribution in [2.45, 2.75) is 51.1 Å². The summed E-state index contributed by atoms with van der Waals surface area (Å²) in [6.45, 7) is 1.29. The summed E-state index contributed by atoms with van der Waals surface area (Å²) in [5.74, 6) is -2.23. The Morgan fingerprint density at radius 2 is 1.52 bits per heavy atom. The Morgan fingerprint density at radius 1 is 0.957 bits per heavy atom. The zero-order valence-electron chi connectivity index (χ0n) is 12.7. The van der Waals surface area contributed by atoms with Crippen LogP contribution in [-0.2, 0) is 0 Å². The van der Waals surface area contributed by atoms with Gasteiger partial charge in [0, 0.05) is 0 Å². The van der Waals surface area contributed by atoms with E-state index in [1.165, 1.54) is 6.92 Å². The van der Waals surface area contributed by atoms with E-state index in [9.17, 15) is 31.4 Å². The SMILES string of the molecule is CC1C2CC(C3C4CCC(C4)C23)C1(C(O)C(F)(F)F)C(F)(F)F. The first-order chi connectivity index (χ1) is 10.5. The number of aliphatic hydroxyl groups is 1. The van der Waals surface area contributed by atoms with E-state index in [-0.39, 0.29) is 30.1 Å². The third kappa shape index (κ3) is 1.70. The zero-order valence-corrected chi connectivity index (χ0v) is 12.7. The highest BCUT2D eigenvalue weighted by atomic mass is 19.4. The molecule has 0 aromatic rings. The van der Waals surface area contributed by atoms with Crippen molar-refractivity contribution in [3.63, 3.8) is 0 Å². The highest BCUT2D eigenvalue weighted by molar-refractivity contribution is 5.21. The van der Waals surface area contributed by atoms with Crippen LogP contribution in [0.1, 0.15) is 32.6 Å². The van der Waals surface area contributed by atoms with Gasteiger partial charge in [0.1, 0.15) is 5.41 Å². The molecule has 0 aromatic heterocycles. The molecule has 132 valence electrons. The summed E-state index contributed by atoms with van der Waals surface area (Å²) >= 11 is 0. The van der Waals surface area contributed by atoms with Gasteiger partial charge in [0.05, 0.1) is 0 Å². The number of fused-ring (bicyclic) bond motifs is 9. The van der Waals surface area contributed by atoms with Crippen molar-refractivity contribution in [3.05, 3.63) is 0 Å². The minimum Gasteiger partial charge on any atom is -0.383 e. The van der Waals surface area contributed by atoms with E-state index >= 15 is 0 Å². The van der Waals surface area contributed by atoms with Crippen LogP contribution >= 0.6 is 0 Å². The van der Waals surface area contributed by atoms with Crippen molar-refractivity contribution in [1.82, 2.24) is 0 Å². The van der Waals surface area contributed by atoms with Crippen LogP contribution < -0.4 is 0 Å². The Kier molecular flexibility index (Phi) is 3.05. The number of hydrogen-bond acceptors (Lipinski definition) is 1. The number of rotatable bonds is 1. The lowest BCUT2D eigenvalue weighted by molar-refractivity contribution is -0.350. The monoisotopic (exact) mass is 342 g/mol. The van der Waals surface area contributed by atoms with Gasteiger partial charge in [-0.05, 0) is 67.1 Å². The summed E-state index contributed by atoms with van der Waals surface area (Å²) in [6.07, 6.45) is -10.7. The normalized spacial score (nSPS) is 53.0. The first-order valence-electron chi connectivity index (χ1n) is 8.32. The molecule has 0 aromatic carbocycles. The molecule has 1 N–H and O–H groups in total. The first-order valence-corrected chi connectivity index (χ1v) is 8.32. The van der Waals surface area contributed by atoms with Gasteiger partial charge in [0.25, 0.3) is 0 Å². The third-order valence-corrected chi connectivity index (χ3v) is 7.79. The van der Waals surface area contributed by atoms with E-state index in [2.05, 4.69) is 0 Å². The smallest absolute Gasteiger partial charge is 0.383 e. The van der Waals surface area contributed by atoms with Crippen molar-refractivity contribution >= 4 is 0 Å². The Balaban J connectivity index is 1.82. The molecule has 4 aliphatic rings. The maximum absolute atomic E-state index is 13.9. The summed E-state index contributed by atoms with van der Waals surface area (Å²) in [5, 5.41) is 9.81. The van der Waals surface area contributed by atoms with Crippen LogP contribution in [0, 0.1) is 46.8 Å². The lowest BCUT2D eigenvalue weighted by Gasteiger charge is -2.52. The van der Waals surface area contributed by atoms with Crippen molar-refractivity contribution in [3.8, 4) is 0 Å². The second-order valence-electron chi connectivity index (χ2n) is 8.16. The van der Waals surface area contributed by atoms with E-state index < -0.39 is 35.7 Å².